The van der Waals surface area contributed by atoms with Crippen LogP contribution < -0.4 is 15.5 Å². The lowest BCUT2D eigenvalue weighted by Gasteiger charge is -2.33. The number of nitrogens with zero attached hydrogens (tertiary/aromatic N) is 1. The second-order valence-electron chi connectivity index (χ2n) is 9.79. The Bertz CT molecular complexity index is 1300. The van der Waals surface area contributed by atoms with Gasteiger partial charge in [-0.1, -0.05) is 0 Å². The molecule has 3 aliphatic rings. The van der Waals surface area contributed by atoms with E-state index in [1.807, 2.05) is 0 Å². The minimum Gasteiger partial charge on any atom is -0.375 e. The summed E-state index contributed by atoms with van der Waals surface area (Å²) in [5.41, 5.74) is 5.31. The van der Waals surface area contributed by atoms with Crippen LogP contribution in [0.25, 0.3) is 0 Å². The van der Waals surface area contributed by atoms with Crippen LogP contribution in [0.15, 0.2) is 30.3 Å². The highest BCUT2D eigenvalue weighted by molar-refractivity contribution is 6.41. The lowest BCUT2D eigenvalue weighted by molar-refractivity contribution is -0.193. The van der Waals surface area contributed by atoms with Crippen LogP contribution in [0.5, 0.6) is 0 Å². The van der Waals surface area contributed by atoms with Gasteiger partial charge >= 0.3 is 30.1 Å². The third-order valence-corrected chi connectivity index (χ3v) is 7.04. The summed E-state index contributed by atoms with van der Waals surface area (Å²) in [4.78, 5) is 21.7. The first-order chi connectivity index (χ1) is 19.0. The van der Waals surface area contributed by atoms with Crippen LogP contribution in [-0.2, 0) is 27.1 Å². The predicted octanol–water partition coefficient (Wildman–Crippen LogP) is 5.80. The molecule has 0 unspecified atom stereocenters. The van der Waals surface area contributed by atoms with E-state index in [9.17, 15) is 49.1 Å². The van der Waals surface area contributed by atoms with Gasteiger partial charge in [0.15, 0.2) is 0 Å². The minimum absolute atomic E-state index is 0.436. The number of alkyl halides is 9. The number of ether oxygens (including phenoxy) is 1. The molecule has 0 saturated carbocycles. The Kier molecular flexibility index (Phi) is 8.33. The molecule has 224 valence electrons. The molecule has 41 heavy (non-hydrogen) atoms. The van der Waals surface area contributed by atoms with Crippen LogP contribution in [0.4, 0.5) is 56.6 Å². The third-order valence-electron chi connectivity index (χ3n) is 7.04. The largest absolute Gasteiger partial charge is 0.458 e. The normalized spacial score (nSPS) is 20.3. The Morgan fingerprint density at radius 2 is 1.63 bits per heavy atom. The molecule has 5 rings (SSSR count). The smallest absolute Gasteiger partial charge is 0.375 e. The number of nitrogens with one attached hydrogen (secondary N) is 2. The van der Waals surface area contributed by atoms with E-state index in [0.29, 0.717) is 36.4 Å². The van der Waals surface area contributed by atoms with Crippen LogP contribution in [0, 0.1) is 6.92 Å². The molecule has 15 heteroatoms. The van der Waals surface area contributed by atoms with E-state index in [1.54, 1.807) is 6.92 Å². The van der Waals surface area contributed by atoms with E-state index in [0.717, 1.165) is 43.4 Å². The number of halogens is 9. The van der Waals surface area contributed by atoms with Crippen molar-refractivity contribution in [2.45, 2.75) is 50.4 Å². The van der Waals surface area contributed by atoms with Gasteiger partial charge in [-0.2, -0.15) is 39.5 Å². The SMILES string of the molecule is Cc1cc(C(F)(F)F)ccc1Nc1cc2c3c(c1)[C@@H]1CNCC[C@@H]1N3CCOC2.O=C(C(=O)C(F)(F)F)C(F)(F)F. The summed E-state index contributed by atoms with van der Waals surface area (Å²) in [5, 5.41) is 6.86. The lowest BCUT2D eigenvalue weighted by atomic mass is 9.89. The van der Waals surface area contributed by atoms with Crippen LogP contribution in [0.2, 0.25) is 0 Å². The molecule has 1 saturated heterocycles. The summed E-state index contributed by atoms with van der Waals surface area (Å²) in [6.45, 7) is 5.87. The van der Waals surface area contributed by atoms with Gasteiger partial charge in [-0.3, -0.25) is 9.59 Å². The van der Waals surface area contributed by atoms with E-state index in [1.165, 1.54) is 23.4 Å². The van der Waals surface area contributed by atoms with Crippen LogP contribution >= 0.6 is 0 Å². The molecule has 6 nitrogen and oxygen atoms in total. The van der Waals surface area contributed by atoms with Gasteiger partial charge in [0.05, 0.1) is 18.8 Å². The van der Waals surface area contributed by atoms with E-state index in [-0.39, 0.29) is 0 Å². The Morgan fingerprint density at radius 3 is 2.22 bits per heavy atom. The molecule has 3 aliphatic heterocycles. The van der Waals surface area contributed by atoms with Gasteiger partial charge in [-0.25, -0.2) is 0 Å². The second-order valence-corrected chi connectivity index (χ2v) is 9.79. The molecule has 0 aromatic heterocycles. The number of fused-ring (bicyclic) bond motifs is 3. The third kappa shape index (κ3) is 6.61. The second kappa shape index (κ2) is 11.2. The highest BCUT2D eigenvalue weighted by atomic mass is 19.4. The molecular weight excluding hydrogens is 573 g/mol. The van der Waals surface area contributed by atoms with Gasteiger partial charge in [-0.05, 0) is 61.3 Å². The average Bonchev–Trinajstić information content (AvgIpc) is 3.03. The number of hydrogen-bond acceptors (Lipinski definition) is 6. The quantitative estimate of drug-likeness (QED) is 0.344. The standard InChI is InChI=1S/C22H24F3N3O.C4F6O2/c1-13-8-15(22(23,24)25)2-3-19(13)27-16-9-14-12-29-7-6-28-20-4-5-26-11-18(20)17(10-16)21(14)28;5-3(6,7)1(11)2(12)4(8,9)10/h2-3,8-10,18,20,26-27H,4-7,11-12H2,1H3;/t18-,20-;/m0./s1. The van der Waals surface area contributed by atoms with E-state index < -0.39 is 35.7 Å². The number of aryl methyl sites for hydroxylation is 1. The van der Waals surface area contributed by atoms with Crippen molar-refractivity contribution in [2.24, 2.45) is 0 Å². The van der Waals surface area contributed by atoms with E-state index >= 15 is 0 Å². The molecule has 0 amide bonds. The maximum Gasteiger partial charge on any atom is 0.458 e. The molecule has 2 aromatic carbocycles. The van der Waals surface area contributed by atoms with Crippen molar-refractivity contribution in [3.63, 3.8) is 0 Å². The summed E-state index contributed by atoms with van der Waals surface area (Å²) < 4.78 is 112. The number of ketones is 2. The molecule has 0 bridgehead atoms. The van der Waals surface area contributed by atoms with E-state index in [2.05, 4.69) is 27.7 Å². The molecule has 1 fully saturated rings. The van der Waals surface area contributed by atoms with Crippen molar-refractivity contribution in [2.75, 3.05) is 36.5 Å². The molecule has 2 N–H and O–H groups in total. The van der Waals surface area contributed by atoms with Crippen molar-refractivity contribution < 1.29 is 53.8 Å². The van der Waals surface area contributed by atoms with Crippen molar-refractivity contribution in [1.82, 2.24) is 5.32 Å². The Morgan fingerprint density at radius 1 is 0.976 bits per heavy atom. The molecule has 0 spiro atoms. The highest BCUT2D eigenvalue weighted by Crippen LogP contribution is 2.47. The van der Waals surface area contributed by atoms with Gasteiger partial charge in [0.25, 0.3) is 0 Å². The summed E-state index contributed by atoms with van der Waals surface area (Å²) in [6.07, 6.45) is -14.8. The summed E-state index contributed by atoms with van der Waals surface area (Å²) >= 11 is 0. The molecule has 2 aromatic rings. The van der Waals surface area contributed by atoms with Crippen LogP contribution in [0.1, 0.15) is 34.6 Å². The van der Waals surface area contributed by atoms with E-state index in [4.69, 9.17) is 4.74 Å². The summed E-state index contributed by atoms with van der Waals surface area (Å²) in [5.74, 6) is -6.38. The number of Topliss-reactive ketones (excluding diaryl/α,β-unsaturated/α-hetero) is 2. The molecule has 0 radical (unpaired) electrons. The topological polar surface area (TPSA) is 70.7 Å². The number of anilines is 3. The number of carbonyl (C=O) groups excluding carboxylic acids is 2. The zero-order valence-electron chi connectivity index (χ0n) is 21.4. The van der Waals surface area contributed by atoms with Crippen molar-refractivity contribution in [3.05, 3.63) is 52.6 Å². The number of rotatable bonds is 3. The van der Waals surface area contributed by atoms with Gasteiger partial charge in [-0.15, -0.1) is 0 Å². The zero-order valence-corrected chi connectivity index (χ0v) is 21.4. The van der Waals surface area contributed by atoms with Gasteiger partial charge in [0.2, 0.25) is 0 Å². The summed E-state index contributed by atoms with van der Waals surface area (Å²) in [6, 6.07) is 8.58. The van der Waals surface area contributed by atoms with Crippen LogP contribution in [0.3, 0.4) is 0 Å². The number of benzene rings is 2. The molecule has 2 atom stereocenters. The Balaban J connectivity index is 0.000000275. The number of hydrogen-bond donors (Lipinski definition) is 2. The first-order valence-corrected chi connectivity index (χ1v) is 12.4. The molecular formula is C26H24F9N3O3. The highest BCUT2D eigenvalue weighted by Gasteiger charge is 2.54. The molecule has 0 aliphatic carbocycles. The number of carbonyl (C=O) groups is 2. The fraction of sp³-hybridized carbons (Fsp3) is 0.462. The first-order valence-electron chi connectivity index (χ1n) is 12.4. The zero-order chi connectivity index (χ0) is 30.3. The van der Waals surface area contributed by atoms with Crippen molar-refractivity contribution in [3.8, 4) is 0 Å². The number of piperidine rings is 1. The van der Waals surface area contributed by atoms with Gasteiger partial charge in [0.1, 0.15) is 0 Å². The maximum atomic E-state index is 13.0. The monoisotopic (exact) mass is 597 g/mol. The first kappa shape index (κ1) is 30.6. The van der Waals surface area contributed by atoms with Gasteiger partial charge in [0, 0.05) is 47.7 Å². The predicted molar refractivity (Wildman–Crippen MR) is 129 cm³/mol. The molecule has 3 heterocycles. The Labute approximate surface area is 227 Å². The fourth-order valence-electron chi connectivity index (χ4n) is 5.25. The lowest BCUT2D eigenvalue weighted by Crippen LogP contribution is -2.44. The van der Waals surface area contributed by atoms with Gasteiger partial charge < -0.3 is 20.3 Å². The minimum atomic E-state index is -5.77. The summed E-state index contributed by atoms with van der Waals surface area (Å²) in [7, 11) is 0. The van der Waals surface area contributed by atoms with Crippen LogP contribution in [-0.4, -0.2) is 56.2 Å². The fourth-order valence-corrected chi connectivity index (χ4v) is 5.25. The average molecular weight is 597 g/mol. The van der Waals surface area contributed by atoms with Crippen molar-refractivity contribution >= 4 is 28.6 Å². The maximum absolute atomic E-state index is 13.0. The Hall–Kier alpha value is -3.33. The van der Waals surface area contributed by atoms with Crippen molar-refractivity contribution in [1.29, 1.82) is 0 Å².